The van der Waals surface area contributed by atoms with E-state index in [0.29, 0.717) is 23.3 Å². The summed E-state index contributed by atoms with van der Waals surface area (Å²) in [5.74, 6) is 5.38. The molecule has 0 unspecified atom stereocenters. The van der Waals surface area contributed by atoms with Gasteiger partial charge in [-0.15, -0.1) is 30.4 Å². The summed E-state index contributed by atoms with van der Waals surface area (Å²) < 4.78 is 40.9. The summed E-state index contributed by atoms with van der Waals surface area (Å²) in [6, 6.07) is 4.12. The highest BCUT2D eigenvalue weighted by Crippen LogP contribution is 2.29. The van der Waals surface area contributed by atoms with Crippen molar-refractivity contribution >= 4 is 21.6 Å². The topological polar surface area (TPSA) is 34.2 Å². The fourth-order valence-corrected chi connectivity index (χ4v) is 2.51. The number of ether oxygens (including phenoxy) is 1. The van der Waals surface area contributed by atoms with Crippen LogP contribution < -0.4 is 10.1 Å². The molecular weight excluding hydrogens is 289 g/mol. The number of halogens is 3. The first kappa shape index (κ1) is 14.6. The van der Waals surface area contributed by atoms with Gasteiger partial charge in [-0.2, -0.15) is 0 Å². The number of fused-ring (bicyclic) bond motifs is 1. The Balaban J connectivity index is 2.10. The van der Waals surface area contributed by atoms with Crippen LogP contribution in [0.3, 0.4) is 0 Å². The molecule has 0 bridgehead atoms. The average Bonchev–Trinajstić information content (AvgIpc) is 2.74. The lowest BCUT2D eigenvalue weighted by Crippen LogP contribution is -2.16. The van der Waals surface area contributed by atoms with E-state index < -0.39 is 6.36 Å². The molecule has 0 amide bonds. The van der Waals surface area contributed by atoms with Crippen LogP contribution in [0.25, 0.3) is 10.2 Å². The van der Waals surface area contributed by atoms with Crippen LogP contribution in [0, 0.1) is 11.8 Å². The Morgan fingerprint density at radius 1 is 1.40 bits per heavy atom. The van der Waals surface area contributed by atoms with Crippen LogP contribution in [0.5, 0.6) is 5.75 Å². The molecule has 7 heteroatoms. The van der Waals surface area contributed by atoms with E-state index in [1.807, 2.05) is 0 Å². The lowest BCUT2D eigenvalue weighted by molar-refractivity contribution is -0.274. The van der Waals surface area contributed by atoms with Gasteiger partial charge in [0.25, 0.3) is 0 Å². The van der Waals surface area contributed by atoms with Gasteiger partial charge in [-0.1, -0.05) is 5.92 Å². The Bertz CT molecular complexity index is 655. The van der Waals surface area contributed by atoms with Crippen molar-refractivity contribution in [2.45, 2.75) is 19.8 Å². The van der Waals surface area contributed by atoms with Crippen molar-refractivity contribution < 1.29 is 17.9 Å². The zero-order valence-corrected chi connectivity index (χ0v) is 11.4. The van der Waals surface area contributed by atoms with Crippen LogP contribution in [0.4, 0.5) is 13.2 Å². The molecule has 0 atom stereocenters. The highest BCUT2D eigenvalue weighted by molar-refractivity contribution is 7.18. The lowest BCUT2D eigenvalue weighted by atomic mass is 10.3. The molecule has 0 fully saturated rings. The van der Waals surface area contributed by atoms with Gasteiger partial charge in [0.2, 0.25) is 0 Å². The molecule has 0 saturated carbocycles. The molecule has 0 radical (unpaired) electrons. The third-order valence-corrected chi connectivity index (χ3v) is 3.32. The van der Waals surface area contributed by atoms with E-state index in [2.05, 4.69) is 26.9 Å². The van der Waals surface area contributed by atoms with Gasteiger partial charge in [-0.05, 0) is 25.1 Å². The molecular formula is C13H11F3N2OS. The second kappa shape index (κ2) is 6.11. The van der Waals surface area contributed by atoms with Gasteiger partial charge in [-0.25, -0.2) is 4.98 Å². The summed E-state index contributed by atoms with van der Waals surface area (Å²) >= 11 is 1.33. The minimum Gasteiger partial charge on any atom is -0.406 e. The number of alkyl halides is 3. The molecule has 106 valence electrons. The van der Waals surface area contributed by atoms with Gasteiger partial charge in [0.1, 0.15) is 10.8 Å². The zero-order chi connectivity index (χ0) is 14.6. The number of nitrogens with one attached hydrogen (secondary N) is 1. The first-order valence-electron chi connectivity index (χ1n) is 5.73. The van der Waals surface area contributed by atoms with Crippen molar-refractivity contribution in [1.29, 1.82) is 0 Å². The lowest BCUT2D eigenvalue weighted by Gasteiger charge is -2.07. The Kier molecular flexibility index (Phi) is 4.47. The van der Waals surface area contributed by atoms with E-state index in [1.54, 1.807) is 6.92 Å². The number of hydrogen-bond acceptors (Lipinski definition) is 4. The fraction of sp³-hybridized carbons (Fsp3) is 0.308. The monoisotopic (exact) mass is 300 g/mol. The van der Waals surface area contributed by atoms with Gasteiger partial charge >= 0.3 is 6.36 Å². The molecule has 0 saturated heterocycles. The van der Waals surface area contributed by atoms with Crippen molar-refractivity contribution in [1.82, 2.24) is 10.3 Å². The summed E-state index contributed by atoms with van der Waals surface area (Å²) in [5.41, 5.74) is 0.655. The second-order valence-electron chi connectivity index (χ2n) is 3.82. The van der Waals surface area contributed by atoms with Crippen LogP contribution >= 0.6 is 11.3 Å². The quantitative estimate of drug-likeness (QED) is 0.695. The Labute approximate surface area is 117 Å². The first-order chi connectivity index (χ1) is 9.48. The number of hydrogen-bond donors (Lipinski definition) is 1. The van der Waals surface area contributed by atoms with Crippen molar-refractivity contribution in [2.75, 3.05) is 6.54 Å². The molecule has 0 spiro atoms. The number of thiazole rings is 1. The molecule has 3 nitrogen and oxygen atoms in total. The number of benzene rings is 1. The smallest absolute Gasteiger partial charge is 0.406 e. The van der Waals surface area contributed by atoms with E-state index in [-0.39, 0.29) is 5.75 Å². The maximum absolute atomic E-state index is 12.1. The minimum atomic E-state index is -4.68. The molecule has 20 heavy (non-hydrogen) atoms. The third-order valence-electron chi connectivity index (χ3n) is 2.30. The van der Waals surface area contributed by atoms with E-state index >= 15 is 0 Å². The van der Waals surface area contributed by atoms with Crippen LogP contribution in [-0.4, -0.2) is 17.9 Å². The molecule has 0 aliphatic carbocycles. The number of nitrogens with zero attached hydrogens (tertiary/aromatic N) is 1. The normalized spacial score (nSPS) is 11.2. The largest absolute Gasteiger partial charge is 0.573 e. The average molecular weight is 300 g/mol. The highest BCUT2D eigenvalue weighted by Gasteiger charge is 2.31. The minimum absolute atomic E-state index is 0.231. The molecule has 1 aromatic carbocycles. The van der Waals surface area contributed by atoms with Gasteiger partial charge in [0, 0.05) is 6.54 Å². The molecule has 2 rings (SSSR count). The van der Waals surface area contributed by atoms with Crippen molar-refractivity contribution in [2.24, 2.45) is 0 Å². The Morgan fingerprint density at radius 3 is 2.90 bits per heavy atom. The Morgan fingerprint density at radius 2 is 2.20 bits per heavy atom. The predicted octanol–water partition coefficient (Wildman–Crippen LogP) is 3.31. The standard InChI is InChI=1S/C13H11F3N2OS/c1-2-3-6-17-8-12-18-10-5-4-9(7-11(10)20-12)19-13(14,15)16/h4-5,7,17H,6,8H2,1H3. The van der Waals surface area contributed by atoms with Crippen LogP contribution in [0.2, 0.25) is 0 Å². The molecule has 1 heterocycles. The van der Waals surface area contributed by atoms with E-state index in [0.717, 1.165) is 5.01 Å². The Hall–Kier alpha value is -1.78. The summed E-state index contributed by atoms with van der Waals surface area (Å²) in [6.07, 6.45) is -4.68. The third kappa shape index (κ3) is 4.11. The predicted molar refractivity (Wildman–Crippen MR) is 71.5 cm³/mol. The molecule has 1 aromatic heterocycles. The highest BCUT2D eigenvalue weighted by atomic mass is 32.1. The van der Waals surface area contributed by atoms with Gasteiger partial charge in [-0.3, -0.25) is 5.32 Å². The molecule has 1 N–H and O–H groups in total. The maximum atomic E-state index is 12.1. The molecule has 0 aliphatic heterocycles. The van der Waals surface area contributed by atoms with E-state index in [4.69, 9.17) is 0 Å². The summed E-state index contributed by atoms with van der Waals surface area (Å²) in [4.78, 5) is 4.32. The summed E-state index contributed by atoms with van der Waals surface area (Å²) in [6.45, 7) is 2.83. The van der Waals surface area contributed by atoms with Crippen molar-refractivity contribution in [3.8, 4) is 17.6 Å². The van der Waals surface area contributed by atoms with Gasteiger partial charge in [0.15, 0.2) is 0 Å². The SMILES string of the molecule is CC#CCNCc1nc2ccc(OC(F)(F)F)cc2s1. The van der Waals surface area contributed by atoms with Crippen molar-refractivity contribution in [3.63, 3.8) is 0 Å². The fourth-order valence-electron chi connectivity index (χ4n) is 1.55. The van der Waals surface area contributed by atoms with E-state index in [9.17, 15) is 13.2 Å². The summed E-state index contributed by atoms with van der Waals surface area (Å²) in [5, 5.41) is 3.87. The van der Waals surface area contributed by atoms with Crippen LogP contribution in [0.15, 0.2) is 18.2 Å². The van der Waals surface area contributed by atoms with E-state index in [1.165, 1.54) is 29.5 Å². The number of aromatic nitrogens is 1. The number of rotatable bonds is 4. The first-order valence-corrected chi connectivity index (χ1v) is 6.55. The van der Waals surface area contributed by atoms with Gasteiger partial charge in [0.05, 0.1) is 16.8 Å². The molecule has 2 aromatic rings. The van der Waals surface area contributed by atoms with Crippen LogP contribution in [0.1, 0.15) is 11.9 Å². The van der Waals surface area contributed by atoms with Crippen LogP contribution in [-0.2, 0) is 6.54 Å². The summed E-state index contributed by atoms with van der Waals surface area (Å²) in [7, 11) is 0. The maximum Gasteiger partial charge on any atom is 0.573 e. The molecule has 0 aliphatic rings. The second-order valence-corrected chi connectivity index (χ2v) is 4.93. The zero-order valence-electron chi connectivity index (χ0n) is 10.5. The van der Waals surface area contributed by atoms with Gasteiger partial charge < -0.3 is 4.74 Å². The van der Waals surface area contributed by atoms with Crippen molar-refractivity contribution in [3.05, 3.63) is 23.2 Å².